The lowest BCUT2D eigenvalue weighted by Crippen LogP contribution is -2.59. The first kappa shape index (κ1) is 41.9. The smallest absolute Gasteiger partial charge is 0.457 e. The van der Waals surface area contributed by atoms with Gasteiger partial charge in [0.05, 0.1) is 4.47 Å². The van der Waals surface area contributed by atoms with Crippen LogP contribution in [0.1, 0.15) is 51.9 Å². The van der Waals surface area contributed by atoms with Gasteiger partial charge in [-0.3, -0.25) is 9.59 Å². The van der Waals surface area contributed by atoms with E-state index in [0.29, 0.717) is 12.1 Å². The Morgan fingerprint density at radius 2 is 1.45 bits per heavy atom. The number of aryl methyl sites for hydroxylation is 2. The number of amides is 2. The summed E-state index contributed by atoms with van der Waals surface area (Å²) in [5.74, 6) is -8.32. The van der Waals surface area contributed by atoms with E-state index in [-0.39, 0.29) is 21.6 Å². The molecule has 18 heteroatoms. The maximum absolute atomic E-state index is 13.8. The Kier molecular flexibility index (Phi) is 14.7. The van der Waals surface area contributed by atoms with Gasteiger partial charge in [0.1, 0.15) is 23.9 Å². The fourth-order valence-corrected chi connectivity index (χ4v) is 5.25. The molecular formula is C33H31Br2Cl2F6N5O3. The number of pyridine rings is 1. The predicted octanol–water partition coefficient (Wildman–Crippen LogP) is 10.1. The van der Waals surface area contributed by atoms with Crippen molar-refractivity contribution in [1.82, 2.24) is 15.6 Å². The Labute approximate surface area is 316 Å². The summed E-state index contributed by atoms with van der Waals surface area (Å²) in [6, 6.07) is 15.3. The second-order valence-corrected chi connectivity index (χ2v) is 14.4. The molecule has 2 heterocycles. The highest BCUT2D eigenvalue weighted by Gasteiger charge is 2.63. The molecule has 2 aromatic carbocycles. The summed E-state index contributed by atoms with van der Waals surface area (Å²) in [4.78, 5) is 28.5. The minimum atomic E-state index is -5.97. The van der Waals surface area contributed by atoms with Gasteiger partial charge in [0.15, 0.2) is 16.3 Å². The van der Waals surface area contributed by atoms with Crippen molar-refractivity contribution in [3.63, 3.8) is 0 Å². The molecule has 0 radical (unpaired) electrons. The maximum Gasteiger partial charge on any atom is 0.457 e. The number of furan rings is 1. The Morgan fingerprint density at radius 3 is 1.98 bits per heavy atom. The van der Waals surface area contributed by atoms with E-state index in [1.165, 1.54) is 18.3 Å². The zero-order chi connectivity index (χ0) is 38.1. The summed E-state index contributed by atoms with van der Waals surface area (Å²) in [7, 11) is 0. The summed E-state index contributed by atoms with van der Waals surface area (Å²) in [5, 5.41) is 9.38. The Morgan fingerprint density at radius 1 is 0.843 bits per heavy atom. The number of rotatable bonds is 12. The van der Waals surface area contributed by atoms with Gasteiger partial charge in [-0.25, -0.2) is 9.37 Å². The van der Waals surface area contributed by atoms with Crippen molar-refractivity contribution in [3.05, 3.63) is 110 Å². The number of benzene rings is 2. The van der Waals surface area contributed by atoms with Crippen LogP contribution in [0.25, 0.3) is 0 Å². The van der Waals surface area contributed by atoms with Crippen LogP contribution in [0.4, 0.5) is 37.7 Å². The van der Waals surface area contributed by atoms with Gasteiger partial charge in [-0.1, -0.05) is 60.3 Å². The van der Waals surface area contributed by atoms with E-state index in [1.54, 1.807) is 23.6 Å². The quantitative estimate of drug-likeness (QED) is 0.0641. The first-order valence-corrected chi connectivity index (χ1v) is 17.2. The van der Waals surface area contributed by atoms with E-state index < -0.39 is 46.2 Å². The van der Waals surface area contributed by atoms with Crippen LogP contribution >= 0.6 is 55.1 Å². The molecule has 4 rings (SSSR count). The minimum Gasteiger partial charge on any atom is -0.458 e. The van der Waals surface area contributed by atoms with Crippen LogP contribution in [0, 0.1) is 19.7 Å². The normalized spacial score (nSPS) is 13.0. The van der Waals surface area contributed by atoms with Crippen molar-refractivity contribution in [2.45, 2.75) is 62.4 Å². The predicted molar refractivity (Wildman–Crippen MR) is 191 cm³/mol. The molecular weight excluding hydrogens is 859 g/mol. The van der Waals surface area contributed by atoms with Crippen molar-refractivity contribution >= 4 is 78.3 Å². The van der Waals surface area contributed by atoms with Crippen LogP contribution in [-0.2, 0) is 0 Å². The van der Waals surface area contributed by atoms with Gasteiger partial charge in [-0.15, -0.1) is 0 Å². The van der Waals surface area contributed by atoms with Crippen molar-refractivity contribution in [3.8, 4) is 0 Å². The van der Waals surface area contributed by atoms with Gasteiger partial charge in [-0.05, 0) is 94.1 Å². The van der Waals surface area contributed by atoms with Gasteiger partial charge in [0.25, 0.3) is 11.8 Å². The Hall–Kier alpha value is -3.47. The third-order valence-corrected chi connectivity index (χ3v) is 8.59. The summed E-state index contributed by atoms with van der Waals surface area (Å²) in [6.07, 6.45) is -5.62. The van der Waals surface area contributed by atoms with Gasteiger partial charge >= 0.3 is 12.1 Å². The van der Waals surface area contributed by atoms with Gasteiger partial charge < -0.3 is 25.7 Å². The molecule has 276 valence electrons. The number of aromatic nitrogens is 1. The lowest BCUT2D eigenvalue weighted by molar-refractivity contribution is -0.289. The number of halogens is 10. The molecule has 0 spiro atoms. The number of anilines is 2. The zero-order valence-electron chi connectivity index (χ0n) is 26.9. The first-order chi connectivity index (χ1) is 23.7. The molecule has 0 fully saturated rings. The molecule has 0 aliphatic heterocycles. The van der Waals surface area contributed by atoms with Crippen LogP contribution in [0.2, 0.25) is 0 Å². The summed E-state index contributed by atoms with van der Waals surface area (Å²) in [6.45, 7) is 5.38. The molecule has 0 saturated carbocycles. The highest BCUT2D eigenvalue weighted by molar-refractivity contribution is 9.10. The highest BCUT2D eigenvalue weighted by atomic mass is 79.9. The monoisotopic (exact) mass is 887 g/mol. The van der Waals surface area contributed by atoms with Gasteiger partial charge in [0, 0.05) is 28.1 Å². The average molecular weight is 890 g/mol. The van der Waals surface area contributed by atoms with E-state index in [1.807, 2.05) is 38.1 Å². The molecule has 0 saturated heterocycles. The van der Waals surface area contributed by atoms with Crippen LogP contribution in [0.5, 0.6) is 0 Å². The number of nitrogens with one attached hydrogen (secondary N) is 4. The molecule has 8 nitrogen and oxygen atoms in total. The fourth-order valence-electron chi connectivity index (χ4n) is 4.12. The molecule has 2 atom stereocenters. The van der Waals surface area contributed by atoms with E-state index >= 15 is 0 Å². The minimum absolute atomic E-state index is 0.166. The summed E-state index contributed by atoms with van der Waals surface area (Å²) in [5.41, 5.74) is 2.05. The van der Waals surface area contributed by atoms with Crippen LogP contribution in [0.3, 0.4) is 0 Å². The van der Waals surface area contributed by atoms with Crippen molar-refractivity contribution < 1.29 is 40.3 Å². The Bertz CT molecular complexity index is 1780. The van der Waals surface area contributed by atoms with E-state index in [4.69, 9.17) is 27.6 Å². The molecule has 51 heavy (non-hydrogen) atoms. The Balaban J connectivity index is 0.000000276. The van der Waals surface area contributed by atoms with E-state index in [2.05, 4.69) is 47.5 Å². The number of carbonyl (C=O) groups excluding carboxylic acids is 2. The SMILES string of the molecule is CCCC(Cl)(Cl)C(NC(=O)c1ccc(Br)cn1)Nc1ccc(C)cc1.Cc1ccc(NC(NC(=O)c2cc(Br)co2)C(F)(F)C(F)(F)F)cc1F. The maximum atomic E-state index is 13.8. The number of carbonyl (C=O) groups is 2. The van der Waals surface area contributed by atoms with Crippen molar-refractivity contribution in [1.29, 1.82) is 0 Å². The topological polar surface area (TPSA) is 108 Å². The van der Waals surface area contributed by atoms with E-state index in [9.17, 15) is 35.9 Å². The molecule has 2 unspecified atom stereocenters. The largest absolute Gasteiger partial charge is 0.458 e. The second-order valence-electron chi connectivity index (χ2n) is 11.1. The standard InChI is InChI=1S/C18H20BrCl2N3O.C15H11BrF6N2O2/c1-3-10-18(20,21)17(23-14-7-4-12(2)5-8-14)24-16(25)15-9-6-13(19)11-22-15;1-7-2-3-9(5-10(7)17)23-13(14(18,19)15(20,21)22)24-12(25)11-4-8(16)6-26-11/h4-9,11,17,23H,3,10H2,1-2H3,(H,24,25);2-6,13,23H,1H3,(H,24,25). The van der Waals surface area contributed by atoms with Crippen LogP contribution in [0.15, 0.2) is 86.5 Å². The molecule has 4 N–H and O–H groups in total. The van der Waals surface area contributed by atoms with E-state index in [0.717, 1.165) is 46.6 Å². The van der Waals surface area contributed by atoms with Crippen LogP contribution < -0.4 is 21.3 Å². The van der Waals surface area contributed by atoms with Gasteiger partial charge in [0.2, 0.25) is 0 Å². The summed E-state index contributed by atoms with van der Waals surface area (Å²) >= 11 is 19.2. The average Bonchev–Trinajstić information content (AvgIpc) is 3.49. The third kappa shape index (κ3) is 12.0. The molecule has 0 bridgehead atoms. The van der Waals surface area contributed by atoms with Crippen molar-refractivity contribution in [2.24, 2.45) is 0 Å². The van der Waals surface area contributed by atoms with Crippen molar-refractivity contribution in [2.75, 3.05) is 10.6 Å². The lowest BCUT2D eigenvalue weighted by Gasteiger charge is -2.32. The lowest BCUT2D eigenvalue weighted by atomic mass is 10.1. The molecule has 2 aromatic heterocycles. The zero-order valence-corrected chi connectivity index (χ0v) is 31.6. The number of hydrogen-bond donors (Lipinski definition) is 4. The number of alkyl halides is 7. The molecule has 2 amide bonds. The third-order valence-electron chi connectivity index (χ3n) is 6.89. The summed E-state index contributed by atoms with van der Waals surface area (Å²) < 4.78 is 84.0. The molecule has 4 aromatic rings. The molecule has 0 aliphatic rings. The molecule has 0 aliphatic carbocycles. The number of nitrogens with zero attached hydrogens (tertiary/aromatic N) is 1. The highest BCUT2D eigenvalue weighted by Crippen LogP contribution is 2.39. The number of hydrogen-bond acceptors (Lipinski definition) is 6. The fraction of sp³-hybridized carbons (Fsp3) is 0.303. The second kappa shape index (κ2) is 17.8. The first-order valence-electron chi connectivity index (χ1n) is 14.9. The van der Waals surface area contributed by atoms with Gasteiger partial charge in [-0.2, -0.15) is 22.0 Å². The van der Waals surface area contributed by atoms with Crippen LogP contribution in [-0.4, -0.2) is 45.6 Å².